The predicted octanol–water partition coefficient (Wildman–Crippen LogP) is 2.47. The lowest BCUT2D eigenvalue weighted by Crippen LogP contribution is -2.47. The van der Waals surface area contributed by atoms with Gasteiger partial charge in [0.1, 0.15) is 11.8 Å². The van der Waals surface area contributed by atoms with Gasteiger partial charge in [-0.3, -0.25) is 4.79 Å². The molecule has 1 saturated heterocycles. The van der Waals surface area contributed by atoms with Crippen LogP contribution in [-0.4, -0.2) is 78.3 Å². The Morgan fingerprint density at radius 1 is 0.900 bits per heavy atom. The molecule has 1 heterocycles. The fourth-order valence-electron chi connectivity index (χ4n) is 4.43. The van der Waals surface area contributed by atoms with Gasteiger partial charge in [0.05, 0.1) is 16.9 Å². The highest BCUT2D eigenvalue weighted by Crippen LogP contribution is 2.23. The van der Waals surface area contributed by atoms with E-state index in [0.717, 1.165) is 5.56 Å². The van der Waals surface area contributed by atoms with Crippen LogP contribution in [0, 0.1) is 6.92 Å². The van der Waals surface area contributed by atoms with Crippen molar-refractivity contribution in [2.75, 3.05) is 45.7 Å². The summed E-state index contributed by atoms with van der Waals surface area (Å²) in [6, 6.07) is 18.3. The molecule has 0 aliphatic carbocycles. The molecule has 1 aliphatic heterocycles. The third-order valence-corrected chi connectivity index (χ3v) is 10.2. The second kappa shape index (κ2) is 12.5. The molecule has 1 unspecified atom stereocenters. The van der Waals surface area contributed by atoms with Gasteiger partial charge < -0.3 is 15.0 Å². The number of rotatable bonds is 10. The number of carbonyl (C=O) groups excluding carboxylic acids is 1. The second-order valence-corrected chi connectivity index (χ2v) is 13.4. The number of nitrogens with zero attached hydrogens (tertiary/aromatic N) is 2. The summed E-state index contributed by atoms with van der Waals surface area (Å²) in [4.78, 5) is 15.6. The molecular formula is C28H34N4O6S2. The zero-order chi connectivity index (χ0) is 28.9. The number of likely N-dealkylation sites (N-methyl/N-ethyl adjacent to an activating group) is 1. The normalized spacial score (nSPS) is 15.9. The molecule has 1 amide bonds. The van der Waals surface area contributed by atoms with E-state index in [2.05, 4.69) is 14.9 Å². The molecule has 10 nitrogen and oxygen atoms in total. The van der Waals surface area contributed by atoms with E-state index in [1.165, 1.54) is 47.8 Å². The van der Waals surface area contributed by atoms with E-state index >= 15 is 0 Å². The van der Waals surface area contributed by atoms with Crippen LogP contribution in [0.4, 0.5) is 5.69 Å². The molecule has 0 bridgehead atoms. The number of amides is 1. The zero-order valence-corrected chi connectivity index (χ0v) is 24.3. The Balaban J connectivity index is 1.53. The molecule has 0 radical (unpaired) electrons. The molecule has 0 spiro atoms. The molecule has 0 aromatic heterocycles. The molecule has 3 aromatic rings. The standard InChI is InChI=1S/C28H34N4O6S2/c1-21-19-25(13-14-27(21)38-3)39(34,35)30-26(20-22-7-5-4-6-8-22)28(33)29-23-9-11-24(12-10-23)40(36,37)32-17-15-31(2)16-18-32/h4-14,19,26,30H,15-18,20H2,1-3H3,(H,29,33). The molecule has 0 saturated carbocycles. The number of carbonyl (C=O) groups is 1. The van der Waals surface area contributed by atoms with Gasteiger partial charge in [-0.05, 0) is 74.0 Å². The van der Waals surface area contributed by atoms with Gasteiger partial charge >= 0.3 is 0 Å². The summed E-state index contributed by atoms with van der Waals surface area (Å²) < 4.78 is 61.8. The van der Waals surface area contributed by atoms with Crippen LogP contribution in [0.2, 0.25) is 0 Å². The fourth-order valence-corrected chi connectivity index (χ4v) is 7.13. The molecule has 12 heteroatoms. The van der Waals surface area contributed by atoms with Crippen molar-refractivity contribution in [3.05, 3.63) is 83.9 Å². The summed E-state index contributed by atoms with van der Waals surface area (Å²) in [6.07, 6.45) is 0.108. The quantitative estimate of drug-likeness (QED) is 0.374. The summed E-state index contributed by atoms with van der Waals surface area (Å²) in [6.45, 7) is 3.86. The molecule has 1 aliphatic rings. The van der Waals surface area contributed by atoms with E-state index < -0.39 is 32.0 Å². The Labute approximate surface area is 236 Å². The zero-order valence-electron chi connectivity index (χ0n) is 22.7. The third kappa shape index (κ3) is 7.07. The average Bonchev–Trinajstić information content (AvgIpc) is 2.93. The largest absolute Gasteiger partial charge is 0.496 e. The van der Waals surface area contributed by atoms with Gasteiger partial charge in [-0.1, -0.05) is 30.3 Å². The maximum atomic E-state index is 13.4. The fraction of sp³-hybridized carbons (Fsp3) is 0.321. The molecule has 1 atom stereocenters. The number of nitrogens with one attached hydrogen (secondary N) is 2. The highest BCUT2D eigenvalue weighted by molar-refractivity contribution is 7.89. The lowest BCUT2D eigenvalue weighted by Gasteiger charge is -2.31. The summed E-state index contributed by atoms with van der Waals surface area (Å²) >= 11 is 0. The van der Waals surface area contributed by atoms with E-state index in [9.17, 15) is 21.6 Å². The van der Waals surface area contributed by atoms with Gasteiger partial charge in [-0.25, -0.2) is 16.8 Å². The van der Waals surface area contributed by atoms with Gasteiger partial charge in [-0.15, -0.1) is 0 Å². The Bertz CT molecular complexity index is 1540. The number of piperazine rings is 1. The lowest BCUT2D eigenvalue weighted by molar-refractivity contribution is -0.117. The molecule has 2 N–H and O–H groups in total. The smallest absolute Gasteiger partial charge is 0.243 e. The Kier molecular flexibility index (Phi) is 9.26. The lowest BCUT2D eigenvalue weighted by atomic mass is 10.1. The van der Waals surface area contributed by atoms with Gasteiger partial charge in [0.25, 0.3) is 0 Å². The first kappa shape index (κ1) is 29.7. The van der Waals surface area contributed by atoms with Crippen molar-refractivity contribution in [2.45, 2.75) is 29.2 Å². The van der Waals surface area contributed by atoms with Crippen LogP contribution in [0.3, 0.4) is 0 Å². The van der Waals surface area contributed by atoms with E-state index in [1.54, 1.807) is 13.0 Å². The van der Waals surface area contributed by atoms with Crippen LogP contribution >= 0.6 is 0 Å². The average molecular weight is 587 g/mol. The van der Waals surface area contributed by atoms with Crippen molar-refractivity contribution in [2.24, 2.45) is 0 Å². The summed E-state index contributed by atoms with van der Waals surface area (Å²) in [7, 11) is -4.27. The Morgan fingerprint density at radius 2 is 1.52 bits per heavy atom. The van der Waals surface area contributed by atoms with E-state index in [4.69, 9.17) is 4.74 Å². The van der Waals surface area contributed by atoms with Crippen molar-refractivity contribution >= 4 is 31.6 Å². The van der Waals surface area contributed by atoms with Crippen molar-refractivity contribution in [3.63, 3.8) is 0 Å². The Morgan fingerprint density at radius 3 is 2.12 bits per heavy atom. The van der Waals surface area contributed by atoms with Gasteiger partial charge in [0.2, 0.25) is 26.0 Å². The SMILES string of the molecule is COc1ccc(S(=O)(=O)NC(Cc2ccccc2)C(=O)Nc2ccc(S(=O)(=O)N3CCN(C)CC3)cc2)cc1C. The van der Waals surface area contributed by atoms with Gasteiger partial charge in [-0.2, -0.15) is 9.03 Å². The van der Waals surface area contributed by atoms with Crippen LogP contribution in [0.15, 0.2) is 82.6 Å². The van der Waals surface area contributed by atoms with Gasteiger partial charge in [0.15, 0.2) is 0 Å². The number of sulfonamides is 2. The van der Waals surface area contributed by atoms with Crippen LogP contribution < -0.4 is 14.8 Å². The minimum atomic E-state index is -4.06. The molecule has 40 heavy (non-hydrogen) atoms. The Hall–Kier alpha value is -3.29. The molecule has 1 fully saturated rings. The first-order chi connectivity index (χ1) is 19.0. The number of ether oxygens (including phenoxy) is 1. The first-order valence-electron chi connectivity index (χ1n) is 12.8. The minimum Gasteiger partial charge on any atom is -0.496 e. The highest BCUT2D eigenvalue weighted by Gasteiger charge is 2.29. The van der Waals surface area contributed by atoms with Crippen LogP contribution in [0.25, 0.3) is 0 Å². The maximum absolute atomic E-state index is 13.4. The highest BCUT2D eigenvalue weighted by atomic mass is 32.2. The van der Waals surface area contributed by atoms with Crippen molar-refractivity contribution in [1.82, 2.24) is 13.9 Å². The number of aryl methyl sites for hydroxylation is 1. The molecule has 3 aromatic carbocycles. The monoisotopic (exact) mass is 586 g/mol. The summed E-state index contributed by atoms with van der Waals surface area (Å²) in [5, 5.41) is 2.73. The van der Waals surface area contributed by atoms with Crippen LogP contribution in [0.5, 0.6) is 5.75 Å². The van der Waals surface area contributed by atoms with Crippen LogP contribution in [-0.2, 0) is 31.3 Å². The van der Waals surface area contributed by atoms with Gasteiger partial charge in [0, 0.05) is 31.9 Å². The molecule has 4 rings (SSSR count). The maximum Gasteiger partial charge on any atom is 0.243 e. The first-order valence-corrected chi connectivity index (χ1v) is 15.7. The summed E-state index contributed by atoms with van der Waals surface area (Å²) in [5.41, 5.74) is 1.76. The predicted molar refractivity (Wildman–Crippen MR) is 153 cm³/mol. The number of hydrogen-bond donors (Lipinski definition) is 2. The minimum absolute atomic E-state index is 0.00938. The van der Waals surface area contributed by atoms with Crippen molar-refractivity contribution < 1.29 is 26.4 Å². The van der Waals surface area contributed by atoms with E-state index in [-0.39, 0.29) is 16.2 Å². The number of hydrogen-bond acceptors (Lipinski definition) is 7. The second-order valence-electron chi connectivity index (χ2n) is 9.72. The van der Waals surface area contributed by atoms with E-state index in [1.807, 2.05) is 37.4 Å². The third-order valence-electron chi connectivity index (χ3n) is 6.80. The van der Waals surface area contributed by atoms with Crippen molar-refractivity contribution in [1.29, 1.82) is 0 Å². The topological polar surface area (TPSA) is 125 Å². The molecular weight excluding hydrogens is 552 g/mol. The number of benzene rings is 3. The van der Waals surface area contributed by atoms with E-state index in [0.29, 0.717) is 43.2 Å². The van der Waals surface area contributed by atoms with Crippen LogP contribution in [0.1, 0.15) is 11.1 Å². The molecule has 214 valence electrons. The summed E-state index contributed by atoms with van der Waals surface area (Å²) in [5.74, 6) is -0.0250. The van der Waals surface area contributed by atoms with Crippen molar-refractivity contribution in [3.8, 4) is 5.75 Å². The number of methoxy groups -OCH3 is 1. The number of anilines is 1.